The van der Waals surface area contributed by atoms with E-state index >= 15 is 0 Å². The molecule has 0 aromatic heterocycles. The lowest BCUT2D eigenvalue weighted by Crippen LogP contribution is -3.00. The average Bonchev–Trinajstić information content (AvgIpc) is 2.15. The Morgan fingerprint density at radius 1 is 1.62 bits per heavy atom. The minimum absolute atomic E-state index is 0. The van der Waals surface area contributed by atoms with Gasteiger partial charge in [-0.3, -0.25) is 10.1 Å². The van der Waals surface area contributed by atoms with Crippen LogP contribution in [0.5, 0.6) is 0 Å². The number of hydrogen-bond acceptors (Lipinski definition) is 4. The molecule has 16 heavy (non-hydrogen) atoms. The lowest BCUT2D eigenvalue weighted by molar-refractivity contribution is -0.384. The fraction of sp³-hybridized carbons (Fsp3) is 0.333. The van der Waals surface area contributed by atoms with Crippen molar-refractivity contribution < 1.29 is 17.3 Å². The molecule has 0 spiro atoms. The highest BCUT2D eigenvalue weighted by Gasteiger charge is 2.09. The van der Waals surface area contributed by atoms with Gasteiger partial charge in [0, 0.05) is 24.7 Å². The maximum absolute atomic E-state index is 10.4. The summed E-state index contributed by atoms with van der Waals surface area (Å²) in [6.45, 7) is 2.42. The molecule has 1 rings (SSSR count). The molecule has 0 fully saturated rings. The van der Waals surface area contributed by atoms with Crippen molar-refractivity contribution in [1.29, 1.82) is 0 Å². The fourth-order valence-electron chi connectivity index (χ4n) is 1.03. The number of nitro groups is 1. The summed E-state index contributed by atoms with van der Waals surface area (Å²) >= 11 is 5.85. The fourth-order valence-corrected chi connectivity index (χ4v) is 1.27. The van der Waals surface area contributed by atoms with Crippen LogP contribution in [0.25, 0.3) is 0 Å². The van der Waals surface area contributed by atoms with Gasteiger partial charge in [-0.1, -0.05) is 11.6 Å². The molecule has 0 bridgehead atoms. The number of nitrogens with two attached hydrogens (primary N) is 1. The number of benzene rings is 1. The first-order valence-electron chi connectivity index (χ1n) is 4.44. The molecule has 0 heterocycles. The zero-order valence-electron chi connectivity index (χ0n) is 8.61. The Morgan fingerprint density at radius 2 is 2.25 bits per heavy atom. The van der Waals surface area contributed by atoms with E-state index in [0.29, 0.717) is 17.3 Å². The molecule has 1 aromatic rings. The highest BCUT2D eigenvalue weighted by Crippen LogP contribution is 2.26. The minimum atomic E-state index is -0.485. The summed E-state index contributed by atoms with van der Waals surface area (Å²) in [6, 6.07) is 4.28. The van der Waals surface area contributed by atoms with E-state index in [1.165, 1.54) is 12.1 Å². The molecule has 1 atom stereocenters. The molecule has 0 amide bonds. The summed E-state index contributed by atoms with van der Waals surface area (Å²) in [7, 11) is 0. The van der Waals surface area contributed by atoms with Crippen LogP contribution < -0.4 is 23.5 Å². The molecule has 0 aliphatic rings. The Labute approximate surface area is 105 Å². The quantitative estimate of drug-likeness (QED) is 0.541. The Morgan fingerprint density at radius 3 is 2.69 bits per heavy atom. The second-order valence-corrected chi connectivity index (χ2v) is 3.69. The summed E-state index contributed by atoms with van der Waals surface area (Å²) in [6.07, 6.45) is 0. The monoisotopic (exact) mass is 264 g/mol. The highest BCUT2D eigenvalue weighted by atomic mass is 35.5. The molecule has 0 aliphatic heterocycles. The van der Waals surface area contributed by atoms with Gasteiger partial charge in [-0.05, 0) is 13.0 Å². The highest BCUT2D eigenvalue weighted by molar-refractivity contribution is 6.33. The number of hydrogen-bond donors (Lipinski definition) is 2. The molecular formula is C9H12Cl2N3O2-. The molecule has 5 nitrogen and oxygen atoms in total. The Bertz CT molecular complexity index is 372. The van der Waals surface area contributed by atoms with E-state index in [-0.39, 0.29) is 24.1 Å². The molecule has 1 unspecified atom stereocenters. The van der Waals surface area contributed by atoms with Gasteiger partial charge in [0.05, 0.1) is 15.6 Å². The van der Waals surface area contributed by atoms with Crippen LogP contribution in [0.15, 0.2) is 18.2 Å². The molecule has 0 saturated heterocycles. The third-order valence-corrected chi connectivity index (χ3v) is 2.09. The number of rotatable bonds is 4. The van der Waals surface area contributed by atoms with Gasteiger partial charge in [-0.15, -0.1) is 0 Å². The number of anilines is 1. The number of halogens is 2. The van der Waals surface area contributed by atoms with Gasteiger partial charge in [0.25, 0.3) is 5.69 Å². The van der Waals surface area contributed by atoms with E-state index < -0.39 is 4.92 Å². The summed E-state index contributed by atoms with van der Waals surface area (Å²) in [4.78, 5) is 9.95. The standard InChI is InChI=1S/C9H12ClN3O2.ClH/c1-6(11)5-12-9-3-2-7(13(14)15)4-8(9)10;/h2-4,6,12H,5,11H2,1H3;1H/p-1. The summed E-state index contributed by atoms with van der Waals surface area (Å²) in [5.74, 6) is 0. The van der Waals surface area contributed by atoms with Crippen molar-refractivity contribution in [3.8, 4) is 0 Å². The van der Waals surface area contributed by atoms with Crippen LogP contribution in [0.3, 0.4) is 0 Å². The van der Waals surface area contributed by atoms with Gasteiger partial charge in [-0.2, -0.15) is 0 Å². The maximum atomic E-state index is 10.4. The van der Waals surface area contributed by atoms with Crippen LogP contribution >= 0.6 is 11.6 Å². The summed E-state index contributed by atoms with van der Waals surface area (Å²) in [5, 5.41) is 13.8. The van der Waals surface area contributed by atoms with Crippen molar-refractivity contribution in [3.63, 3.8) is 0 Å². The first-order chi connectivity index (χ1) is 7.00. The molecule has 1 aromatic carbocycles. The van der Waals surface area contributed by atoms with Crippen LogP contribution in [0.4, 0.5) is 11.4 Å². The number of nitrogens with zero attached hydrogens (tertiary/aromatic N) is 1. The SMILES string of the molecule is CC(N)CNc1ccc([N+](=O)[O-])cc1Cl.[Cl-]. The van der Waals surface area contributed by atoms with Crippen LogP contribution in [0, 0.1) is 10.1 Å². The lowest BCUT2D eigenvalue weighted by atomic mass is 10.2. The third-order valence-electron chi connectivity index (χ3n) is 1.78. The van der Waals surface area contributed by atoms with E-state index in [4.69, 9.17) is 17.3 Å². The normalized spacial score (nSPS) is 11.4. The van der Waals surface area contributed by atoms with Crippen molar-refractivity contribution in [3.05, 3.63) is 33.3 Å². The van der Waals surface area contributed by atoms with Crippen molar-refractivity contribution in [1.82, 2.24) is 0 Å². The van der Waals surface area contributed by atoms with E-state index in [1.54, 1.807) is 6.07 Å². The van der Waals surface area contributed by atoms with Crippen LogP contribution in [0.2, 0.25) is 5.02 Å². The Kier molecular flexibility index (Phi) is 6.10. The third kappa shape index (κ3) is 4.22. The minimum Gasteiger partial charge on any atom is -1.00 e. The molecule has 3 N–H and O–H groups in total. The summed E-state index contributed by atoms with van der Waals surface area (Å²) < 4.78 is 0. The first kappa shape index (κ1) is 15.0. The molecule has 0 aliphatic carbocycles. The number of nitrogens with one attached hydrogen (secondary N) is 1. The predicted molar refractivity (Wildman–Crippen MR) is 60.2 cm³/mol. The zero-order chi connectivity index (χ0) is 11.4. The van der Waals surface area contributed by atoms with Crippen molar-refractivity contribution in [2.45, 2.75) is 13.0 Å². The molecule has 0 radical (unpaired) electrons. The Hall–Kier alpha value is -1.04. The zero-order valence-corrected chi connectivity index (χ0v) is 10.1. The van der Waals surface area contributed by atoms with Gasteiger partial charge in [0.2, 0.25) is 0 Å². The maximum Gasteiger partial charge on any atom is 0.271 e. The second kappa shape index (κ2) is 6.52. The van der Waals surface area contributed by atoms with Crippen molar-refractivity contribution in [2.75, 3.05) is 11.9 Å². The van der Waals surface area contributed by atoms with Crippen LogP contribution in [-0.2, 0) is 0 Å². The number of nitro benzene ring substituents is 1. The van der Waals surface area contributed by atoms with Gasteiger partial charge < -0.3 is 23.5 Å². The van der Waals surface area contributed by atoms with Gasteiger partial charge >= 0.3 is 0 Å². The van der Waals surface area contributed by atoms with Crippen molar-refractivity contribution >= 4 is 23.0 Å². The van der Waals surface area contributed by atoms with E-state index in [0.717, 1.165) is 0 Å². The van der Waals surface area contributed by atoms with Gasteiger partial charge in [0.1, 0.15) is 0 Å². The number of non-ortho nitro benzene ring substituents is 1. The second-order valence-electron chi connectivity index (χ2n) is 3.28. The van der Waals surface area contributed by atoms with Crippen molar-refractivity contribution in [2.24, 2.45) is 5.73 Å². The first-order valence-corrected chi connectivity index (χ1v) is 4.82. The van der Waals surface area contributed by atoms with Crippen LogP contribution in [0.1, 0.15) is 6.92 Å². The molecule has 90 valence electrons. The Balaban J connectivity index is 0.00000225. The molecular weight excluding hydrogens is 253 g/mol. The lowest BCUT2D eigenvalue weighted by Gasteiger charge is -2.10. The molecule has 0 saturated carbocycles. The van der Waals surface area contributed by atoms with E-state index in [1.807, 2.05) is 6.92 Å². The average molecular weight is 265 g/mol. The summed E-state index contributed by atoms with van der Waals surface area (Å²) in [5.41, 5.74) is 6.19. The van der Waals surface area contributed by atoms with E-state index in [2.05, 4.69) is 5.32 Å². The van der Waals surface area contributed by atoms with Gasteiger partial charge in [0.15, 0.2) is 0 Å². The topological polar surface area (TPSA) is 81.2 Å². The molecule has 7 heteroatoms. The predicted octanol–water partition coefficient (Wildman–Crippen LogP) is -0.989. The van der Waals surface area contributed by atoms with Crippen LogP contribution in [-0.4, -0.2) is 17.5 Å². The largest absolute Gasteiger partial charge is 1.00 e. The van der Waals surface area contributed by atoms with Gasteiger partial charge in [-0.25, -0.2) is 0 Å². The van der Waals surface area contributed by atoms with E-state index in [9.17, 15) is 10.1 Å². The smallest absolute Gasteiger partial charge is 0.271 e.